The Morgan fingerprint density at radius 2 is 1.96 bits per heavy atom. The van der Waals surface area contributed by atoms with E-state index in [1.807, 2.05) is 36.4 Å². The van der Waals surface area contributed by atoms with Crippen LogP contribution in [0.4, 0.5) is 5.69 Å². The molecular formula is C18H20Cl2IN3O. The van der Waals surface area contributed by atoms with E-state index in [4.69, 9.17) is 33.7 Å². The van der Waals surface area contributed by atoms with Gasteiger partial charge in [0.15, 0.2) is 5.96 Å². The van der Waals surface area contributed by atoms with Gasteiger partial charge < -0.3 is 15.8 Å². The number of ether oxygens (including phenoxy) is 1. The minimum absolute atomic E-state index is 0. The molecule has 4 nitrogen and oxygen atoms in total. The maximum absolute atomic E-state index is 6.26. The van der Waals surface area contributed by atoms with Crippen LogP contribution in [0.5, 0.6) is 5.75 Å². The minimum Gasteiger partial charge on any atom is -0.497 e. The van der Waals surface area contributed by atoms with E-state index < -0.39 is 0 Å². The Morgan fingerprint density at radius 3 is 2.60 bits per heavy atom. The molecule has 3 N–H and O–H groups in total. The lowest BCUT2D eigenvalue weighted by Crippen LogP contribution is -2.23. The number of halogens is 3. The fourth-order valence-corrected chi connectivity index (χ4v) is 3.26. The predicted octanol–water partition coefficient (Wildman–Crippen LogP) is 5.15. The molecule has 2 aromatic carbocycles. The molecular weight excluding hydrogens is 472 g/mol. The summed E-state index contributed by atoms with van der Waals surface area (Å²) in [5.74, 6) is 2.12. The molecule has 0 spiro atoms. The summed E-state index contributed by atoms with van der Waals surface area (Å²) in [6.45, 7) is 0.679. The van der Waals surface area contributed by atoms with Crippen LogP contribution in [0.15, 0.2) is 47.5 Å². The molecule has 1 aliphatic rings. The number of aliphatic imine (C=N–C) groups is 1. The Bertz CT molecular complexity index is 752. The number of rotatable bonds is 5. The Hall–Kier alpha value is -1.18. The fourth-order valence-electron chi connectivity index (χ4n) is 2.71. The Kier molecular flexibility index (Phi) is 7.22. The van der Waals surface area contributed by atoms with Gasteiger partial charge in [0.25, 0.3) is 0 Å². The normalized spacial score (nSPS) is 19.1. The second-order valence-electron chi connectivity index (χ2n) is 5.85. The van der Waals surface area contributed by atoms with Crippen LogP contribution in [-0.2, 0) is 0 Å². The third kappa shape index (κ3) is 5.39. The number of hydrogen-bond donors (Lipinski definition) is 2. The van der Waals surface area contributed by atoms with Gasteiger partial charge in [0.2, 0.25) is 0 Å². The third-order valence-corrected chi connectivity index (χ3v) is 4.71. The average molecular weight is 492 g/mol. The Morgan fingerprint density at radius 1 is 1.24 bits per heavy atom. The quantitative estimate of drug-likeness (QED) is 0.345. The second kappa shape index (κ2) is 8.96. The summed E-state index contributed by atoms with van der Waals surface area (Å²) < 4.78 is 5.12. The largest absolute Gasteiger partial charge is 0.497 e. The zero-order chi connectivity index (χ0) is 17.1. The maximum atomic E-state index is 6.26. The molecule has 0 heterocycles. The smallest absolute Gasteiger partial charge is 0.193 e. The number of hydrogen-bond acceptors (Lipinski definition) is 2. The van der Waals surface area contributed by atoms with Crippen molar-refractivity contribution in [3.63, 3.8) is 0 Å². The van der Waals surface area contributed by atoms with Crippen molar-refractivity contribution in [3.05, 3.63) is 58.1 Å². The van der Waals surface area contributed by atoms with Crippen molar-refractivity contribution >= 4 is 58.8 Å². The first-order valence-electron chi connectivity index (χ1n) is 7.73. The van der Waals surface area contributed by atoms with Gasteiger partial charge in [0, 0.05) is 22.3 Å². The summed E-state index contributed by atoms with van der Waals surface area (Å²) in [4.78, 5) is 4.43. The highest BCUT2D eigenvalue weighted by molar-refractivity contribution is 14.0. The average Bonchev–Trinajstić information content (AvgIpc) is 3.33. The van der Waals surface area contributed by atoms with Crippen molar-refractivity contribution in [2.45, 2.75) is 12.3 Å². The third-order valence-electron chi connectivity index (χ3n) is 4.14. The molecule has 7 heteroatoms. The van der Waals surface area contributed by atoms with Crippen LogP contribution in [0.25, 0.3) is 0 Å². The number of nitrogens with zero attached hydrogens (tertiary/aromatic N) is 1. The molecule has 2 atom stereocenters. The lowest BCUT2D eigenvalue weighted by Gasteiger charge is -2.07. The number of nitrogens with two attached hydrogens (primary N) is 1. The van der Waals surface area contributed by atoms with Crippen LogP contribution in [0, 0.1) is 5.92 Å². The first kappa shape index (κ1) is 20.1. The van der Waals surface area contributed by atoms with Crippen LogP contribution in [0.1, 0.15) is 17.9 Å². The summed E-state index contributed by atoms with van der Waals surface area (Å²) in [7, 11) is 1.64. The fraction of sp³-hybridized carbons (Fsp3) is 0.278. The van der Waals surface area contributed by atoms with Gasteiger partial charge in [0.05, 0.1) is 7.11 Å². The zero-order valence-electron chi connectivity index (χ0n) is 13.7. The van der Waals surface area contributed by atoms with Gasteiger partial charge in [-0.25, -0.2) is 0 Å². The number of nitrogens with one attached hydrogen (secondary N) is 1. The molecule has 0 aromatic heterocycles. The van der Waals surface area contributed by atoms with Crippen molar-refractivity contribution in [3.8, 4) is 5.75 Å². The number of benzene rings is 2. The summed E-state index contributed by atoms with van der Waals surface area (Å²) in [5, 5.41) is 4.46. The standard InChI is InChI=1S/C18H19Cl2N3O.HI/c1-24-14-5-3-13(4-6-14)23-18(21)22-10-11-8-16(11)15-7-2-12(19)9-17(15)20;/h2-7,9,11,16H,8,10H2,1H3,(H3,21,22,23);1H. The highest BCUT2D eigenvalue weighted by Crippen LogP contribution is 2.50. The van der Waals surface area contributed by atoms with Gasteiger partial charge in [-0.05, 0) is 60.2 Å². The highest BCUT2D eigenvalue weighted by atomic mass is 127. The molecule has 2 unspecified atom stereocenters. The van der Waals surface area contributed by atoms with Gasteiger partial charge in [-0.15, -0.1) is 24.0 Å². The molecule has 1 aliphatic carbocycles. The van der Waals surface area contributed by atoms with Gasteiger partial charge >= 0.3 is 0 Å². The monoisotopic (exact) mass is 491 g/mol. The first-order chi connectivity index (χ1) is 11.6. The van der Waals surface area contributed by atoms with Crippen LogP contribution < -0.4 is 15.8 Å². The number of guanidine groups is 1. The lowest BCUT2D eigenvalue weighted by atomic mass is 10.1. The van der Waals surface area contributed by atoms with Crippen LogP contribution >= 0.6 is 47.2 Å². The van der Waals surface area contributed by atoms with Crippen molar-refractivity contribution < 1.29 is 4.74 Å². The van der Waals surface area contributed by atoms with E-state index in [0.29, 0.717) is 29.4 Å². The lowest BCUT2D eigenvalue weighted by molar-refractivity contribution is 0.415. The Balaban J connectivity index is 0.00000225. The molecule has 1 fully saturated rings. The number of methoxy groups -OCH3 is 1. The van der Waals surface area contributed by atoms with E-state index in [2.05, 4.69) is 10.3 Å². The molecule has 2 aromatic rings. The van der Waals surface area contributed by atoms with E-state index in [9.17, 15) is 0 Å². The molecule has 3 rings (SSSR count). The van der Waals surface area contributed by atoms with Crippen molar-refractivity contribution in [1.29, 1.82) is 0 Å². The van der Waals surface area contributed by atoms with Gasteiger partial charge in [0.1, 0.15) is 5.75 Å². The number of anilines is 1. The maximum Gasteiger partial charge on any atom is 0.193 e. The molecule has 0 amide bonds. The summed E-state index contributed by atoms with van der Waals surface area (Å²) in [6.07, 6.45) is 1.07. The predicted molar refractivity (Wildman–Crippen MR) is 116 cm³/mol. The van der Waals surface area contributed by atoms with Gasteiger partial charge in [-0.1, -0.05) is 29.3 Å². The van der Waals surface area contributed by atoms with E-state index in [1.165, 1.54) is 0 Å². The Labute approximate surface area is 174 Å². The summed E-state index contributed by atoms with van der Waals surface area (Å²) in [5.41, 5.74) is 7.97. The van der Waals surface area contributed by atoms with E-state index in [-0.39, 0.29) is 24.0 Å². The molecule has 134 valence electrons. The molecule has 25 heavy (non-hydrogen) atoms. The van der Waals surface area contributed by atoms with Crippen LogP contribution in [0.3, 0.4) is 0 Å². The van der Waals surface area contributed by atoms with Crippen molar-refractivity contribution in [1.82, 2.24) is 0 Å². The topological polar surface area (TPSA) is 59.6 Å². The second-order valence-corrected chi connectivity index (χ2v) is 6.69. The SMILES string of the molecule is COc1ccc(NC(N)=NCC2CC2c2ccc(Cl)cc2Cl)cc1.I. The van der Waals surface area contributed by atoms with Gasteiger partial charge in [-0.2, -0.15) is 0 Å². The zero-order valence-corrected chi connectivity index (χ0v) is 17.5. The van der Waals surface area contributed by atoms with Crippen LogP contribution in [0.2, 0.25) is 10.0 Å². The van der Waals surface area contributed by atoms with E-state index in [1.54, 1.807) is 13.2 Å². The molecule has 0 aliphatic heterocycles. The minimum atomic E-state index is 0. The molecule has 0 radical (unpaired) electrons. The van der Waals surface area contributed by atoms with Crippen molar-refractivity contribution in [2.24, 2.45) is 16.6 Å². The van der Waals surface area contributed by atoms with E-state index in [0.717, 1.165) is 28.4 Å². The van der Waals surface area contributed by atoms with Crippen molar-refractivity contribution in [2.75, 3.05) is 19.0 Å². The molecule has 1 saturated carbocycles. The van der Waals surface area contributed by atoms with Gasteiger partial charge in [-0.3, -0.25) is 4.99 Å². The molecule has 0 bridgehead atoms. The highest BCUT2D eigenvalue weighted by Gasteiger charge is 2.39. The summed E-state index contributed by atoms with van der Waals surface area (Å²) in [6, 6.07) is 13.2. The first-order valence-corrected chi connectivity index (χ1v) is 8.48. The van der Waals surface area contributed by atoms with E-state index >= 15 is 0 Å². The molecule has 0 saturated heterocycles. The van der Waals surface area contributed by atoms with Crippen LogP contribution in [-0.4, -0.2) is 19.6 Å². The summed E-state index contributed by atoms with van der Waals surface area (Å²) >= 11 is 12.2.